The number of rotatable bonds is 0. The molecular weight excluding hydrogens is 409 g/mol. The van der Waals surface area contributed by atoms with E-state index in [2.05, 4.69) is 31.8 Å². The summed E-state index contributed by atoms with van der Waals surface area (Å²) < 4.78 is 0. The van der Waals surface area contributed by atoms with E-state index in [-0.39, 0.29) is 71.9 Å². The SMILES string of the molecule is C[Si](C)C.[C-]1=CC=CC1.[Cl-].[Cl-].[Cl-].[Hf+4]. The summed E-state index contributed by atoms with van der Waals surface area (Å²) in [6.07, 6.45) is 10.0. The summed E-state index contributed by atoms with van der Waals surface area (Å²) >= 11 is 0. The smallest absolute Gasteiger partial charge is 1.00 e. The van der Waals surface area contributed by atoms with Crippen molar-refractivity contribution in [2.75, 3.05) is 0 Å². The zero-order chi connectivity index (χ0) is 7.11. The van der Waals surface area contributed by atoms with Gasteiger partial charge in [0.15, 0.2) is 0 Å². The Kier molecular flexibility index (Phi) is 52.5. The fraction of sp³-hybridized carbons (Fsp3) is 0.500. The molecule has 0 aromatic rings. The van der Waals surface area contributed by atoms with Gasteiger partial charge in [-0.15, -0.1) is 6.42 Å². The molecule has 0 saturated carbocycles. The molecule has 0 amide bonds. The fourth-order valence-electron chi connectivity index (χ4n) is 0.340. The number of hydrogen-bond donors (Lipinski definition) is 0. The van der Waals surface area contributed by atoms with Gasteiger partial charge in [0.05, 0.1) is 0 Å². The molecule has 0 unspecified atom stereocenters. The molecule has 0 N–H and O–H groups in total. The maximum atomic E-state index is 2.99. The molecule has 1 radical (unpaired) electrons. The monoisotopic (exact) mass is 423 g/mol. The molecule has 0 saturated heterocycles. The van der Waals surface area contributed by atoms with Crippen molar-refractivity contribution in [1.29, 1.82) is 0 Å². The van der Waals surface area contributed by atoms with Crippen molar-refractivity contribution in [3.05, 3.63) is 24.3 Å². The van der Waals surface area contributed by atoms with Crippen molar-refractivity contribution >= 4 is 8.80 Å². The molecule has 1 aliphatic carbocycles. The van der Waals surface area contributed by atoms with Gasteiger partial charge in [0.25, 0.3) is 0 Å². The largest absolute Gasteiger partial charge is 4.00 e. The van der Waals surface area contributed by atoms with Crippen molar-refractivity contribution < 1.29 is 63.1 Å². The normalized spacial score (nSPS) is 9.54. The van der Waals surface area contributed by atoms with Gasteiger partial charge in [0.1, 0.15) is 0 Å². The quantitative estimate of drug-likeness (QED) is 0.269. The summed E-state index contributed by atoms with van der Waals surface area (Å²) in [5.41, 5.74) is 0. The van der Waals surface area contributed by atoms with Gasteiger partial charge in [-0.3, -0.25) is 6.08 Å². The van der Waals surface area contributed by atoms with Crippen molar-refractivity contribution in [2.24, 2.45) is 0 Å². The van der Waals surface area contributed by atoms with Crippen LogP contribution in [0.3, 0.4) is 0 Å². The maximum Gasteiger partial charge on any atom is 4.00 e. The van der Waals surface area contributed by atoms with Crippen LogP contribution >= 0.6 is 0 Å². The van der Waals surface area contributed by atoms with E-state index in [9.17, 15) is 0 Å². The zero-order valence-electron chi connectivity index (χ0n) is 8.07. The Morgan fingerprint density at radius 2 is 1.46 bits per heavy atom. The second-order valence-corrected chi connectivity index (χ2v) is 5.50. The molecular formula is C8H14Cl3HfSi. The maximum absolute atomic E-state index is 2.99. The second-order valence-electron chi connectivity index (χ2n) is 2.50. The van der Waals surface area contributed by atoms with Crippen LogP contribution in [0.15, 0.2) is 18.2 Å². The standard InChI is InChI=1S/C5H5.C3H9Si.3ClH.Hf/c1-2-4-5-3-1;1-4(2)3;;;;/h1-3H,4H2;1-3H3;3*1H;/q-1;;;;;+4/p-3. The van der Waals surface area contributed by atoms with E-state index in [1.807, 2.05) is 12.2 Å². The molecule has 0 bridgehead atoms. The van der Waals surface area contributed by atoms with Gasteiger partial charge in [-0.25, -0.2) is 12.2 Å². The third-order valence-corrected chi connectivity index (χ3v) is 0.586. The second kappa shape index (κ2) is 23.3. The average molecular weight is 423 g/mol. The Bertz CT molecular complexity index is 103. The van der Waals surface area contributed by atoms with Crippen molar-refractivity contribution in [3.63, 3.8) is 0 Å². The predicted molar refractivity (Wildman–Crippen MR) is 44.9 cm³/mol. The molecule has 0 aliphatic heterocycles. The molecule has 0 heterocycles. The van der Waals surface area contributed by atoms with Gasteiger partial charge >= 0.3 is 25.8 Å². The van der Waals surface area contributed by atoms with Crippen LogP contribution in [0.5, 0.6) is 0 Å². The molecule has 0 aromatic heterocycles. The van der Waals surface area contributed by atoms with Crippen molar-refractivity contribution in [2.45, 2.75) is 26.1 Å². The molecule has 1 aliphatic rings. The summed E-state index contributed by atoms with van der Waals surface area (Å²) in [5.74, 6) is 0. The van der Waals surface area contributed by atoms with Crippen LogP contribution < -0.4 is 37.2 Å². The Hall–Kier alpha value is 1.44. The van der Waals surface area contributed by atoms with Crippen LogP contribution in [0, 0.1) is 6.08 Å². The predicted octanol–water partition coefficient (Wildman–Crippen LogP) is -6.31. The third-order valence-electron chi connectivity index (χ3n) is 0.586. The minimum absolute atomic E-state index is 0. The molecule has 13 heavy (non-hydrogen) atoms. The van der Waals surface area contributed by atoms with Gasteiger partial charge in [-0.2, -0.15) is 6.08 Å². The Morgan fingerprint density at radius 1 is 1.08 bits per heavy atom. The first-order valence-electron chi connectivity index (χ1n) is 3.22. The van der Waals surface area contributed by atoms with Gasteiger partial charge < -0.3 is 37.2 Å². The molecule has 0 fully saturated rings. The third kappa shape index (κ3) is 42.4. The first kappa shape index (κ1) is 29.3. The summed E-state index contributed by atoms with van der Waals surface area (Å²) in [6.45, 7) is 6.81. The Morgan fingerprint density at radius 3 is 1.54 bits per heavy atom. The van der Waals surface area contributed by atoms with Crippen LogP contribution in [0.1, 0.15) is 6.42 Å². The summed E-state index contributed by atoms with van der Waals surface area (Å²) in [5, 5.41) is 0. The van der Waals surface area contributed by atoms with E-state index < -0.39 is 0 Å². The zero-order valence-corrected chi connectivity index (χ0v) is 14.9. The van der Waals surface area contributed by atoms with E-state index in [0.29, 0.717) is 0 Å². The first-order valence-corrected chi connectivity index (χ1v) is 6.22. The topological polar surface area (TPSA) is 0 Å². The van der Waals surface area contributed by atoms with E-state index in [0.717, 1.165) is 6.42 Å². The molecule has 5 heteroatoms. The number of halogens is 3. The van der Waals surface area contributed by atoms with E-state index in [1.54, 1.807) is 0 Å². The minimum Gasteiger partial charge on any atom is -1.00 e. The summed E-state index contributed by atoms with van der Waals surface area (Å²) in [7, 11) is 0.120. The molecule has 0 nitrogen and oxygen atoms in total. The van der Waals surface area contributed by atoms with Crippen LogP contribution in [-0.4, -0.2) is 8.80 Å². The Balaban J connectivity index is -0.0000000256. The van der Waals surface area contributed by atoms with Crippen molar-refractivity contribution in [3.8, 4) is 0 Å². The fourth-order valence-corrected chi connectivity index (χ4v) is 0.340. The molecule has 1 rings (SSSR count). The van der Waals surface area contributed by atoms with E-state index in [1.165, 1.54) is 0 Å². The molecule has 0 aromatic carbocycles. The average Bonchev–Trinajstić information content (AvgIpc) is 2.11. The Labute approximate surface area is 121 Å². The van der Waals surface area contributed by atoms with Gasteiger partial charge in [-0.1, -0.05) is 19.6 Å². The van der Waals surface area contributed by atoms with E-state index >= 15 is 0 Å². The van der Waals surface area contributed by atoms with Crippen LogP contribution in [0.25, 0.3) is 0 Å². The van der Waals surface area contributed by atoms with Gasteiger partial charge in [0, 0.05) is 8.80 Å². The number of allylic oxidation sites excluding steroid dienone is 4. The van der Waals surface area contributed by atoms with Gasteiger partial charge in [-0.05, 0) is 0 Å². The first-order chi connectivity index (χ1) is 4.23. The minimum atomic E-state index is 0. The number of hydrogen-bond acceptors (Lipinski definition) is 0. The van der Waals surface area contributed by atoms with Crippen LogP contribution in [0.4, 0.5) is 0 Å². The van der Waals surface area contributed by atoms with Crippen LogP contribution in [0.2, 0.25) is 19.6 Å². The summed E-state index contributed by atoms with van der Waals surface area (Å²) in [6, 6.07) is 0. The van der Waals surface area contributed by atoms with Gasteiger partial charge in [0.2, 0.25) is 0 Å². The van der Waals surface area contributed by atoms with E-state index in [4.69, 9.17) is 0 Å². The van der Waals surface area contributed by atoms with Crippen molar-refractivity contribution in [1.82, 2.24) is 0 Å². The molecule has 75 valence electrons. The van der Waals surface area contributed by atoms with Crippen LogP contribution in [-0.2, 0) is 25.8 Å². The summed E-state index contributed by atoms with van der Waals surface area (Å²) in [4.78, 5) is 0. The molecule has 0 spiro atoms. The molecule has 0 atom stereocenters.